The molecule has 5 heteroatoms. The predicted octanol–water partition coefficient (Wildman–Crippen LogP) is 3.42. The average molecular weight is 296 g/mol. The molecular weight excluding hydrogens is 286 g/mol. The summed E-state index contributed by atoms with van der Waals surface area (Å²) >= 11 is 5.74. The first-order valence-corrected chi connectivity index (χ1v) is 6.62. The van der Waals surface area contributed by atoms with Crippen LogP contribution in [0.15, 0.2) is 42.5 Å². The fourth-order valence-electron chi connectivity index (χ4n) is 1.81. The lowest BCUT2D eigenvalue weighted by atomic mass is 10.1. The summed E-state index contributed by atoms with van der Waals surface area (Å²) in [5, 5.41) is 20.5. The van der Waals surface area contributed by atoms with Crippen molar-refractivity contribution in [1.29, 1.82) is 10.5 Å². The van der Waals surface area contributed by atoms with Crippen molar-refractivity contribution in [3.63, 3.8) is 0 Å². The third-order valence-corrected chi connectivity index (χ3v) is 3.17. The Bertz CT molecular complexity index is 772. The zero-order chi connectivity index (χ0) is 15.2. The molecule has 0 heterocycles. The van der Waals surface area contributed by atoms with E-state index in [9.17, 15) is 4.79 Å². The molecular formula is C16H10ClN3O. The van der Waals surface area contributed by atoms with Crippen LogP contribution < -0.4 is 5.32 Å². The first kappa shape index (κ1) is 14.6. The Morgan fingerprint density at radius 3 is 2.52 bits per heavy atom. The van der Waals surface area contributed by atoms with Crippen LogP contribution in [-0.2, 0) is 5.88 Å². The van der Waals surface area contributed by atoms with E-state index in [1.165, 1.54) is 12.1 Å². The lowest BCUT2D eigenvalue weighted by molar-refractivity contribution is 0.102. The third kappa shape index (κ3) is 3.39. The summed E-state index contributed by atoms with van der Waals surface area (Å²) in [4.78, 5) is 12.1. The average Bonchev–Trinajstić information content (AvgIpc) is 2.54. The van der Waals surface area contributed by atoms with Gasteiger partial charge >= 0.3 is 0 Å². The SMILES string of the molecule is N#Cc1ccc(NC(=O)c2cccc(CCl)c2)cc1C#N. The molecule has 0 fully saturated rings. The summed E-state index contributed by atoms with van der Waals surface area (Å²) in [7, 11) is 0. The summed E-state index contributed by atoms with van der Waals surface area (Å²) in [6.07, 6.45) is 0. The first-order chi connectivity index (χ1) is 10.2. The molecule has 0 saturated heterocycles. The highest BCUT2D eigenvalue weighted by atomic mass is 35.5. The minimum absolute atomic E-state index is 0.227. The smallest absolute Gasteiger partial charge is 0.255 e. The predicted molar refractivity (Wildman–Crippen MR) is 79.8 cm³/mol. The molecule has 1 amide bonds. The molecule has 0 radical (unpaired) electrons. The maximum Gasteiger partial charge on any atom is 0.255 e. The van der Waals surface area contributed by atoms with Crippen LogP contribution in [0.1, 0.15) is 27.0 Å². The molecule has 2 aromatic carbocycles. The number of nitriles is 2. The molecule has 0 spiro atoms. The van der Waals surface area contributed by atoms with Gasteiger partial charge in [-0.3, -0.25) is 4.79 Å². The summed E-state index contributed by atoms with van der Waals surface area (Å²) in [5.41, 5.74) is 2.30. The van der Waals surface area contributed by atoms with Crippen molar-refractivity contribution >= 4 is 23.2 Å². The van der Waals surface area contributed by atoms with Gasteiger partial charge in [0.25, 0.3) is 5.91 Å². The molecule has 0 atom stereocenters. The summed E-state index contributed by atoms with van der Waals surface area (Å²) in [6.45, 7) is 0. The van der Waals surface area contributed by atoms with Crippen LogP contribution in [0, 0.1) is 22.7 Å². The minimum atomic E-state index is -0.296. The Labute approximate surface area is 127 Å². The van der Waals surface area contributed by atoms with Crippen LogP contribution in [0.25, 0.3) is 0 Å². The van der Waals surface area contributed by atoms with Crippen LogP contribution in [-0.4, -0.2) is 5.91 Å². The van der Waals surface area contributed by atoms with Crippen molar-refractivity contribution in [3.8, 4) is 12.1 Å². The standard InChI is InChI=1S/C16H10ClN3O/c17-8-11-2-1-3-12(6-11)16(21)20-15-5-4-13(9-18)14(7-15)10-19/h1-7H,8H2,(H,20,21). The molecule has 0 bridgehead atoms. The lowest BCUT2D eigenvalue weighted by Crippen LogP contribution is -2.12. The molecule has 4 nitrogen and oxygen atoms in total. The van der Waals surface area contributed by atoms with Crippen molar-refractivity contribution in [2.45, 2.75) is 5.88 Å². The quantitative estimate of drug-likeness (QED) is 0.881. The van der Waals surface area contributed by atoms with Crippen LogP contribution in [0.4, 0.5) is 5.69 Å². The Morgan fingerprint density at radius 1 is 1.10 bits per heavy atom. The second-order valence-electron chi connectivity index (χ2n) is 4.27. The number of alkyl halides is 1. The molecule has 0 aliphatic carbocycles. The van der Waals surface area contributed by atoms with Crippen molar-refractivity contribution in [2.75, 3.05) is 5.32 Å². The van der Waals surface area contributed by atoms with Gasteiger partial charge in [-0.05, 0) is 35.9 Å². The number of carbonyl (C=O) groups excluding carboxylic acids is 1. The van der Waals surface area contributed by atoms with E-state index in [4.69, 9.17) is 22.1 Å². The number of hydrogen-bond donors (Lipinski definition) is 1. The number of halogens is 1. The molecule has 102 valence electrons. The summed E-state index contributed by atoms with van der Waals surface area (Å²) < 4.78 is 0. The van der Waals surface area contributed by atoms with Gasteiger partial charge in [0.2, 0.25) is 0 Å². The summed E-state index contributed by atoms with van der Waals surface area (Å²) in [5.74, 6) is 0.0342. The number of nitrogens with one attached hydrogen (secondary N) is 1. The number of nitrogens with zero attached hydrogens (tertiary/aromatic N) is 2. The van der Waals surface area contributed by atoms with Gasteiger partial charge in [-0.2, -0.15) is 10.5 Å². The van der Waals surface area contributed by atoms with Gasteiger partial charge in [0, 0.05) is 17.1 Å². The molecule has 0 aromatic heterocycles. The van der Waals surface area contributed by atoms with E-state index in [1.54, 1.807) is 24.3 Å². The van der Waals surface area contributed by atoms with Gasteiger partial charge < -0.3 is 5.32 Å². The maximum absolute atomic E-state index is 12.1. The Morgan fingerprint density at radius 2 is 1.86 bits per heavy atom. The van der Waals surface area contributed by atoms with E-state index < -0.39 is 0 Å². The van der Waals surface area contributed by atoms with Crippen molar-refractivity contribution in [2.24, 2.45) is 0 Å². The zero-order valence-corrected chi connectivity index (χ0v) is 11.7. The van der Waals surface area contributed by atoms with Crippen molar-refractivity contribution < 1.29 is 4.79 Å². The molecule has 0 aliphatic heterocycles. The highest BCUT2D eigenvalue weighted by molar-refractivity contribution is 6.17. The van der Waals surface area contributed by atoms with E-state index in [0.29, 0.717) is 17.1 Å². The first-order valence-electron chi connectivity index (χ1n) is 6.08. The van der Waals surface area contributed by atoms with E-state index in [-0.39, 0.29) is 17.0 Å². The number of anilines is 1. The van der Waals surface area contributed by atoms with Crippen molar-refractivity contribution in [3.05, 3.63) is 64.7 Å². The normalized spacial score (nSPS) is 9.48. The van der Waals surface area contributed by atoms with E-state index in [1.807, 2.05) is 18.2 Å². The van der Waals surface area contributed by atoms with Crippen molar-refractivity contribution in [1.82, 2.24) is 0 Å². The van der Waals surface area contributed by atoms with E-state index >= 15 is 0 Å². The van der Waals surface area contributed by atoms with E-state index in [2.05, 4.69) is 5.32 Å². The minimum Gasteiger partial charge on any atom is -0.322 e. The zero-order valence-electron chi connectivity index (χ0n) is 10.9. The fourth-order valence-corrected chi connectivity index (χ4v) is 1.98. The van der Waals surface area contributed by atoms with Gasteiger partial charge in [0.05, 0.1) is 11.1 Å². The maximum atomic E-state index is 12.1. The van der Waals surface area contributed by atoms with Gasteiger partial charge in [-0.1, -0.05) is 12.1 Å². The monoisotopic (exact) mass is 295 g/mol. The number of amides is 1. The van der Waals surface area contributed by atoms with Gasteiger partial charge in [-0.25, -0.2) is 0 Å². The molecule has 2 aromatic rings. The number of carbonyl (C=O) groups is 1. The van der Waals surface area contributed by atoms with Crippen LogP contribution in [0.5, 0.6) is 0 Å². The van der Waals surface area contributed by atoms with Gasteiger partial charge in [0.1, 0.15) is 12.1 Å². The number of benzene rings is 2. The second-order valence-corrected chi connectivity index (χ2v) is 4.54. The molecule has 21 heavy (non-hydrogen) atoms. The topological polar surface area (TPSA) is 76.7 Å². The molecule has 0 aliphatic rings. The summed E-state index contributed by atoms with van der Waals surface area (Å²) in [6, 6.07) is 15.4. The molecule has 0 saturated carbocycles. The lowest BCUT2D eigenvalue weighted by Gasteiger charge is -2.07. The van der Waals surface area contributed by atoms with E-state index in [0.717, 1.165) is 5.56 Å². The second kappa shape index (κ2) is 6.56. The molecule has 0 unspecified atom stereocenters. The highest BCUT2D eigenvalue weighted by Gasteiger charge is 2.09. The highest BCUT2D eigenvalue weighted by Crippen LogP contribution is 2.16. The Hall–Kier alpha value is -2.82. The van der Waals surface area contributed by atoms with Gasteiger partial charge in [0.15, 0.2) is 0 Å². The third-order valence-electron chi connectivity index (χ3n) is 2.86. The molecule has 1 N–H and O–H groups in total. The molecule has 2 rings (SSSR count). The van der Waals surface area contributed by atoms with Crippen LogP contribution in [0.3, 0.4) is 0 Å². The number of rotatable bonds is 3. The van der Waals surface area contributed by atoms with Gasteiger partial charge in [-0.15, -0.1) is 11.6 Å². The fraction of sp³-hybridized carbons (Fsp3) is 0.0625. The number of hydrogen-bond acceptors (Lipinski definition) is 3. The van der Waals surface area contributed by atoms with Crippen LogP contribution >= 0.6 is 11.6 Å². The largest absolute Gasteiger partial charge is 0.322 e. The van der Waals surface area contributed by atoms with Crippen LogP contribution in [0.2, 0.25) is 0 Å². The Kier molecular flexibility index (Phi) is 4.56. The Balaban J connectivity index is 2.24.